The molecule has 1 aromatic rings. The first-order valence-electron chi connectivity index (χ1n) is 8.49. The zero-order chi connectivity index (χ0) is 17.1. The Labute approximate surface area is 140 Å². The maximum atomic E-state index is 12.8. The van der Waals surface area contributed by atoms with Gasteiger partial charge in [0.15, 0.2) is 5.78 Å². The predicted octanol–water partition coefficient (Wildman–Crippen LogP) is 2.81. The Morgan fingerprint density at radius 3 is 2.75 bits per heavy atom. The maximum absolute atomic E-state index is 12.8. The van der Waals surface area contributed by atoms with E-state index in [1.54, 1.807) is 24.7 Å². The fourth-order valence-corrected chi connectivity index (χ4v) is 5.31. The number of ketones is 1. The van der Waals surface area contributed by atoms with Crippen molar-refractivity contribution in [3.63, 3.8) is 0 Å². The summed E-state index contributed by atoms with van der Waals surface area (Å²) >= 11 is 0. The maximum Gasteiger partial charge on any atom is 0.310 e. The minimum absolute atomic E-state index is 0.00986. The smallest absolute Gasteiger partial charge is 0.310 e. The molecule has 6 atom stereocenters. The first-order valence-corrected chi connectivity index (χ1v) is 8.49. The van der Waals surface area contributed by atoms with Crippen molar-refractivity contribution in [3.8, 4) is 0 Å². The Bertz CT molecular complexity index is 705. The summed E-state index contributed by atoms with van der Waals surface area (Å²) in [4.78, 5) is 25.4. The molecule has 0 spiro atoms. The average molecular weight is 330 g/mol. The molecule has 24 heavy (non-hydrogen) atoms. The van der Waals surface area contributed by atoms with Crippen LogP contribution in [0.5, 0.6) is 0 Å². The molecule has 4 rings (SSSR count). The third-order valence-electron chi connectivity index (χ3n) is 6.57. The van der Waals surface area contributed by atoms with Gasteiger partial charge in [-0.05, 0) is 36.8 Å². The molecule has 0 amide bonds. The Kier molecular flexibility index (Phi) is 3.29. The number of cyclic esters (lactones) is 1. The second-order valence-electron chi connectivity index (χ2n) is 7.93. The lowest BCUT2D eigenvalue weighted by molar-refractivity contribution is -0.198. The lowest BCUT2D eigenvalue weighted by Crippen LogP contribution is -2.60. The van der Waals surface area contributed by atoms with E-state index in [9.17, 15) is 14.7 Å². The molecule has 1 saturated heterocycles. The van der Waals surface area contributed by atoms with Crippen LogP contribution >= 0.6 is 0 Å². The predicted molar refractivity (Wildman–Crippen MR) is 84.7 cm³/mol. The van der Waals surface area contributed by atoms with Crippen LogP contribution in [-0.2, 0) is 14.3 Å². The largest absolute Gasteiger partial charge is 0.472 e. The lowest BCUT2D eigenvalue weighted by atomic mass is 9.46. The van der Waals surface area contributed by atoms with Gasteiger partial charge in [0.05, 0.1) is 24.5 Å². The van der Waals surface area contributed by atoms with Gasteiger partial charge in [-0.1, -0.05) is 19.9 Å². The van der Waals surface area contributed by atoms with Gasteiger partial charge in [-0.25, -0.2) is 0 Å². The molecule has 6 unspecified atom stereocenters. The summed E-state index contributed by atoms with van der Waals surface area (Å²) in [6.07, 6.45) is 6.99. The van der Waals surface area contributed by atoms with Gasteiger partial charge in [0.1, 0.15) is 6.10 Å². The summed E-state index contributed by atoms with van der Waals surface area (Å²) < 4.78 is 10.8. The highest BCUT2D eigenvalue weighted by Gasteiger charge is 2.63. The number of esters is 1. The molecule has 128 valence electrons. The molecule has 0 bridgehead atoms. The zero-order valence-electron chi connectivity index (χ0n) is 13.9. The number of furan rings is 1. The topological polar surface area (TPSA) is 76.7 Å². The van der Waals surface area contributed by atoms with Crippen molar-refractivity contribution in [2.45, 2.75) is 45.3 Å². The quantitative estimate of drug-likeness (QED) is 0.801. The second-order valence-corrected chi connectivity index (χ2v) is 7.93. The van der Waals surface area contributed by atoms with Crippen LogP contribution in [0.2, 0.25) is 0 Å². The van der Waals surface area contributed by atoms with E-state index in [2.05, 4.69) is 0 Å². The molecule has 5 nitrogen and oxygen atoms in total. The highest BCUT2D eigenvalue weighted by molar-refractivity contribution is 5.95. The number of aliphatic hydroxyl groups is 1. The standard InChI is InChI=1S/C19H22O5/c1-18-7-5-12-17(22)24-14(11-6-8-23-10-11)9-19(12,2)16(18)13(20)3-4-15(18)21/h3-4,6,8,10,12,14-16,21H,5,7,9H2,1-2H3. The van der Waals surface area contributed by atoms with E-state index in [0.717, 1.165) is 5.56 Å². The van der Waals surface area contributed by atoms with Crippen molar-refractivity contribution in [1.82, 2.24) is 0 Å². The van der Waals surface area contributed by atoms with Gasteiger partial charge < -0.3 is 14.3 Å². The Morgan fingerprint density at radius 1 is 1.25 bits per heavy atom. The average Bonchev–Trinajstić information content (AvgIpc) is 3.04. The number of rotatable bonds is 1. The van der Waals surface area contributed by atoms with Crippen molar-refractivity contribution in [2.75, 3.05) is 0 Å². The normalized spacial score (nSPS) is 44.6. The van der Waals surface area contributed by atoms with Crippen LogP contribution in [0.3, 0.4) is 0 Å². The number of aliphatic hydroxyl groups excluding tert-OH is 1. The molecule has 0 aromatic carbocycles. The van der Waals surface area contributed by atoms with Crippen LogP contribution < -0.4 is 0 Å². The van der Waals surface area contributed by atoms with E-state index >= 15 is 0 Å². The number of fused-ring (bicyclic) bond motifs is 3. The van der Waals surface area contributed by atoms with Crippen LogP contribution in [0.15, 0.2) is 35.2 Å². The molecule has 3 aliphatic rings. The molecule has 1 N–H and O–H groups in total. The fraction of sp³-hybridized carbons (Fsp3) is 0.579. The third-order valence-corrected chi connectivity index (χ3v) is 6.57. The number of allylic oxidation sites excluding steroid dienone is 1. The van der Waals surface area contributed by atoms with E-state index in [1.165, 1.54) is 6.08 Å². The molecule has 2 heterocycles. The van der Waals surface area contributed by atoms with Crippen LogP contribution in [0.25, 0.3) is 0 Å². The first kappa shape index (κ1) is 15.6. The van der Waals surface area contributed by atoms with E-state index in [-0.39, 0.29) is 23.6 Å². The monoisotopic (exact) mass is 330 g/mol. The molecule has 1 saturated carbocycles. The van der Waals surface area contributed by atoms with Crippen LogP contribution in [-0.4, -0.2) is 23.0 Å². The van der Waals surface area contributed by atoms with E-state index < -0.39 is 23.0 Å². The van der Waals surface area contributed by atoms with Gasteiger partial charge in [0.25, 0.3) is 0 Å². The molecular weight excluding hydrogens is 308 g/mol. The van der Waals surface area contributed by atoms with Gasteiger partial charge >= 0.3 is 5.97 Å². The van der Waals surface area contributed by atoms with Gasteiger partial charge in [-0.2, -0.15) is 0 Å². The molecule has 1 aliphatic heterocycles. The number of ether oxygens (including phenoxy) is 1. The number of carbonyl (C=O) groups excluding carboxylic acids is 2. The summed E-state index contributed by atoms with van der Waals surface area (Å²) in [7, 11) is 0. The van der Waals surface area contributed by atoms with Crippen molar-refractivity contribution in [1.29, 1.82) is 0 Å². The SMILES string of the molecule is CC12CCC3C(=O)OC(c4ccoc4)CC3(C)C1C(=O)C=CC2O. The Balaban J connectivity index is 1.78. The van der Waals surface area contributed by atoms with Crippen molar-refractivity contribution >= 4 is 11.8 Å². The van der Waals surface area contributed by atoms with Crippen molar-refractivity contribution in [3.05, 3.63) is 36.3 Å². The van der Waals surface area contributed by atoms with Gasteiger partial charge in [-0.3, -0.25) is 9.59 Å². The molecule has 2 aliphatic carbocycles. The van der Waals surface area contributed by atoms with E-state index in [4.69, 9.17) is 9.15 Å². The Hall–Kier alpha value is -1.88. The Morgan fingerprint density at radius 2 is 2.04 bits per heavy atom. The van der Waals surface area contributed by atoms with Gasteiger partial charge in [-0.15, -0.1) is 0 Å². The van der Waals surface area contributed by atoms with Crippen molar-refractivity contribution < 1.29 is 23.8 Å². The fourth-order valence-electron chi connectivity index (χ4n) is 5.31. The zero-order valence-corrected chi connectivity index (χ0v) is 13.9. The summed E-state index contributed by atoms with van der Waals surface area (Å²) in [6.45, 7) is 3.98. The van der Waals surface area contributed by atoms with Crippen molar-refractivity contribution in [2.24, 2.45) is 22.7 Å². The molecule has 2 fully saturated rings. The lowest BCUT2D eigenvalue weighted by Gasteiger charge is -2.58. The van der Waals surface area contributed by atoms with Crippen LogP contribution in [0.1, 0.15) is 44.8 Å². The van der Waals surface area contributed by atoms with Gasteiger partial charge in [0.2, 0.25) is 0 Å². The molecular formula is C19H22O5. The number of hydrogen-bond acceptors (Lipinski definition) is 5. The summed E-state index contributed by atoms with van der Waals surface area (Å²) in [5.74, 6) is -0.920. The number of hydrogen-bond donors (Lipinski definition) is 1. The summed E-state index contributed by atoms with van der Waals surface area (Å²) in [5.41, 5.74) is -0.252. The summed E-state index contributed by atoms with van der Waals surface area (Å²) in [6, 6.07) is 1.79. The van der Waals surface area contributed by atoms with Crippen LogP contribution in [0.4, 0.5) is 0 Å². The minimum atomic E-state index is -0.664. The highest BCUT2D eigenvalue weighted by atomic mass is 16.5. The summed E-state index contributed by atoms with van der Waals surface area (Å²) in [5, 5.41) is 10.5. The van der Waals surface area contributed by atoms with Crippen LogP contribution in [0, 0.1) is 22.7 Å². The van der Waals surface area contributed by atoms with E-state index in [1.807, 2.05) is 13.8 Å². The second kappa shape index (κ2) is 5.06. The number of carbonyl (C=O) groups is 2. The third kappa shape index (κ3) is 1.97. The van der Waals surface area contributed by atoms with Gasteiger partial charge in [0, 0.05) is 16.9 Å². The van der Waals surface area contributed by atoms with E-state index in [0.29, 0.717) is 19.3 Å². The molecule has 0 radical (unpaired) electrons. The molecule has 1 aromatic heterocycles. The minimum Gasteiger partial charge on any atom is -0.472 e. The first-order chi connectivity index (χ1) is 11.4. The molecule has 5 heteroatoms. The highest BCUT2D eigenvalue weighted by Crippen LogP contribution is 2.62.